The van der Waals surface area contributed by atoms with Gasteiger partial charge in [0.25, 0.3) is 0 Å². The molecule has 3 N–H and O–H groups in total. The van der Waals surface area contributed by atoms with E-state index in [-0.39, 0.29) is 12.1 Å². The van der Waals surface area contributed by atoms with Crippen molar-refractivity contribution in [2.45, 2.75) is 44.8 Å². The van der Waals surface area contributed by atoms with Crippen molar-refractivity contribution in [2.24, 2.45) is 0 Å². The maximum Gasteiger partial charge on any atom is 0.323 e. The van der Waals surface area contributed by atoms with E-state index in [0.717, 1.165) is 18.4 Å². The summed E-state index contributed by atoms with van der Waals surface area (Å²) in [5.41, 5.74) is 2.12. The van der Waals surface area contributed by atoms with E-state index in [0.29, 0.717) is 54.4 Å². The van der Waals surface area contributed by atoms with Gasteiger partial charge in [0.2, 0.25) is 11.9 Å². The van der Waals surface area contributed by atoms with E-state index in [1.165, 1.54) is 0 Å². The summed E-state index contributed by atoms with van der Waals surface area (Å²) in [7, 11) is 0. The molecular formula is C24H28N8O2. The van der Waals surface area contributed by atoms with Gasteiger partial charge in [-0.2, -0.15) is 15.0 Å². The Bertz CT molecular complexity index is 1120. The molecule has 2 fully saturated rings. The molecule has 2 aliphatic rings. The number of urea groups is 1. The molecule has 2 bridgehead atoms. The van der Waals surface area contributed by atoms with Crippen molar-refractivity contribution < 1.29 is 9.53 Å². The molecule has 10 nitrogen and oxygen atoms in total. The molecule has 2 saturated heterocycles. The molecule has 2 aliphatic heterocycles. The molecule has 2 atom stereocenters. The van der Waals surface area contributed by atoms with Gasteiger partial charge < -0.3 is 25.6 Å². The Labute approximate surface area is 198 Å². The van der Waals surface area contributed by atoms with E-state index in [9.17, 15) is 4.79 Å². The average Bonchev–Trinajstić information content (AvgIpc) is 3.08. The van der Waals surface area contributed by atoms with Crippen LogP contribution in [0.5, 0.6) is 0 Å². The van der Waals surface area contributed by atoms with Crippen molar-refractivity contribution in [3.05, 3.63) is 48.8 Å². The Kier molecular flexibility index (Phi) is 6.22. The summed E-state index contributed by atoms with van der Waals surface area (Å²) >= 11 is 0. The fourth-order valence-corrected chi connectivity index (χ4v) is 4.32. The highest BCUT2D eigenvalue weighted by atomic mass is 16.5. The van der Waals surface area contributed by atoms with Crippen molar-refractivity contribution in [3.8, 4) is 11.4 Å². The van der Waals surface area contributed by atoms with Gasteiger partial charge >= 0.3 is 6.03 Å². The number of rotatable bonds is 6. The topological polar surface area (TPSA) is 117 Å². The van der Waals surface area contributed by atoms with Crippen LogP contribution in [-0.4, -0.2) is 57.3 Å². The second kappa shape index (κ2) is 9.60. The van der Waals surface area contributed by atoms with Crippen molar-refractivity contribution in [3.63, 3.8) is 0 Å². The van der Waals surface area contributed by atoms with Gasteiger partial charge in [0.05, 0.1) is 37.2 Å². The van der Waals surface area contributed by atoms with Crippen LogP contribution < -0.4 is 20.9 Å². The number of morpholine rings is 1. The van der Waals surface area contributed by atoms with Crippen LogP contribution in [0, 0.1) is 0 Å². The molecule has 0 radical (unpaired) electrons. The number of aromatic nitrogens is 4. The minimum Gasteiger partial charge on any atom is -0.377 e. The number of fused-ring (bicyclic) bond motifs is 2. The van der Waals surface area contributed by atoms with E-state index >= 15 is 0 Å². The molecule has 2 unspecified atom stereocenters. The van der Waals surface area contributed by atoms with Gasteiger partial charge in [0.15, 0.2) is 5.82 Å². The third-order valence-corrected chi connectivity index (χ3v) is 5.83. The molecule has 2 amide bonds. The normalized spacial score (nSPS) is 19.2. The molecule has 4 heterocycles. The zero-order valence-electron chi connectivity index (χ0n) is 19.2. The first-order valence-corrected chi connectivity index (χ1v) is 11.5. The lowest BCUT2D eigenvalue weighted by atomic mass is 10.2. The maximum absolute atomic E-state index is 12.3. The second-order valence-corrected chi connectivity index (χ2v) is 8.81. The lowest BCUT2D eigenvalue weighted by Gasteiger charge is -2.34. The van der Waals surface area contributed by atoms with Crippen LogP contribution in [0.25, 0.3) is 11.4 Å². The van der Waals surface area contributed by atoms with E-state index in [4.69, 9.17) is 14.7 Å². The highest BCUT2D eigenvalue weighted by Gasteiger charge is 2.39. The van der Waals surface area contributed by atoms with E-state index < -0.39 is 0 Å². The molecule has 34 heavy (non-hydrogen) atoms. The number of anilines is 4. The Hall–Kier alpha value is -3.79. The van der Waals surface area contributed by atoms with Crippen molar-refractivity contribution >= 4 is 29.3 Å². The zero-order chi connectivity index (χ0) is 23.5. The molecule has 0 spiro atoms. The fraction of sp³-hybridized carbons (Fsp3) is 0.375. The SMILES string of the molecule is CC(C)Nc1nc(-c2ccc(NC(=O)Nc3cccnc3)cc2)nc(N2C3CCC2COC3)n1. The van der Waals surface area contributed by atoms with Crippen molar-refractivity contribution in [1.82, 2.24) is 19.9 Å². The van der Waals surface area contributed by atoms with Crippen LogP contribution in [0.2, 0.25) is 0 Å². The molecule has 1 aromatic carbocycles. The van der Waals surface area contributed by atoms with Crippen LogP contribution in [0.15, 0.2) is 48.8 Å². The molecule has 0 saturated carbocycles. The number of nitrogens with zero attached hydrogens (tertiary/aromatic N) is 5. The quantitative estimate of drug-likeness (QED) is 0.509. The van der Waals surface area contributed by atoms with Gasteiger partial charge in [-0.15, -0.1) is 0 Å². The number of carbonyl (C=O) groups excluding carboxylic acids is 1. The predicted molar refractivity (Wildman–Crippen MR) is 131 cm³/mol. The molecule has 10 heteroatoms. The number of hydrogen-bond donors (Lipinski definition) is 3. The van der Waals surface area contributed by atoms with E-state index in [1.54, 1.807) is 24.5 Å². The first kappa shape index (κ1) is 22.0. The van der Waals surface area contributed by atoms with Crippen LogP contribution in [0.3, 0.4) is 0 Å². The van der Waals surface area contributed by atoms with Gasteiger partial charge in [0.1, 0.15) is 0 Å². The van der Waals surface area contributed by atoms with Gasteiger partial charge in [-0.1, -0.05) is 0 Å². The summed E-state index contributed by atoms with van der Waals surface area (Å²) in [4.78, 5) is 32.8. The number of ether oxygens (including phenoxy) is 1. The number of amides is 2. The third-order valence-electron chi connectivity index (χ3n) is 5.83. The summed E-state index contributed by atoms with van der Waals surface area (Å²) in [5, 5.41) is 8.89. The molecule has 176 valence electrons. The summed E-state index contributed by atoms with van der Waals surface area (Å²) in [6.07, 6.45) is 5.41. The van der Waals surface area contributed by atoms with Gasteiger partial charge in [-0.05, 0) is 63.1 Å². The number of nitrogens with one attached hydrogen (secondary N) is 3. The Morgan fingerprint density at radius 1 is 1.00 bits per heavy atom. The molecule has 2 aromatic heterocycles. The lowest BCUT2D eigenvalue weighted by Crippen LogP contribution is -2.47. The Morgan fingerprint density at radius 2 is 1.74 bits per heavy atom. The van der Waals surface area contributed by atoms with Crippen LogP contribution in [0.4, 0.5) is 28.1 Å². The maximum atomic E-state index is 12.3. The highest BCUT2D eigenvalue weighted by molar-refractivity contribution is 5.99. The smallest absolute Gasteiger partial charge is 0.323 e. The Morgan fingerprint density at radius 3 is 2.41 bits per heavy atom. The largest absolute Gasteiger partial charge is 0.377 e. The first-order chi connectivity index (χ1) is 16.5. The number of carbonyl (C=O) groups is 1. The minimum absolute atomic E-state index is 0.189. The summed E-state index contributed by atoms with van der Waals surface area (Å²) in [5.74, 6) is 1.83. The molecular weight excluding hydrogens is 432 g/mol. The van der Waals surface area contributed by atoms with E-state index in [1.807, 2.05) is 24.3 Å². The van der Waals surface area contributed by atoms with Gasteiger partial charge in [0, 0.05) is 23.5 Å². The summed E-state index contributed by atoms with van der Waals surface area (Å²) < 4.78 is 5.73. The zero-order valence-corrected chi connectivity index (χ0v) is 19.2. The minimum atomic E-state index is -0.339. The molecule has 0 aliphatic carbocycles. The Balaban J connectivity index is 1.36. The van der Waals surface area contributed by atoms with Gasteiger partial charge in [-0.25, -0.2) is 4.79 Å². The molecule has 5 rings (SSSR count). The monoisotopic (exact) mass is 460 g/mol. The van der Waals surface area contributed by atoms with Gasteiger partial charge in [-0.3, -0.25) is 4.98 Å². The first-order valence-electron chi connectivity index (χ1n) is 11.5. The standard InChI is InChI=1S/C24H28N8O2/c1-15(2)26-22-29-21(30-23(31-22)32-19-9-10-20(32)14-34-13-19)16-5-7-17(8-6-16)27-24(33)28-18-4-3-11-25-12-18/h3-8,11-12,15,19-20H,9-10,13-14H2,1-2H3,(H2,27,28,33)(H,26,29,30,31). The number of benzene rings is 1. The summed E-state index contributed by atoms with van der Waals surface area (Å²) in [6.45, 7) is 5.51. The third kappa shape index (κ3) is 4.91. The average molecular weight is 461 g/mol. The second-order valence-electron chi connectivity index (χ2n) is 8.81. The predicted octanol–water partition coefficient (Wildman–Crippen LogP) is 3.77. The van der Waals surface area contributed by atoms with Crippen LogP contribution in [-0.2, 0) is 4.74 Å². The van der Waals surface area contributed by atoms with Crippen LogP contribution >= 0.6 is 0 Å². The summed E-state index contributed by atoms with van der Waals surface area (Å²) in [6, 6.07) is 11.4. The lowest BCUT2D eigenvalue weighted by molar-refractivity contribution is 0.0897. The number of pyridine rings is 1. The van der Waals surface area contributed by atoms with E-state index in [2.05, 4.69) is 44.7 Å². The van der Waals surface area contributed by atoms with Crippen molar-refractivity contribution in [2.75, 3.05) is 34.1 Å². The highest BCUT2D eigenvalue weighted by Crippen LogP contribution is 2.33. The number of hydrogen-bond acceptors (Lipinski definition) is 8. The molecule has 3 aromatic rings. The van der Waals surface area contributed by atoms with Crippen molar-refractivity contribution in [1.29, 1.82) is 0 Å². The fourth-order valence-electron chi connectivity index (χ4n) is 4.32. The van der Waals surface area contributed by atoms with Crippen LogP contribution in [0.1, 0.15) is 26.7 Å².